The van der Waals surface area contributed by atoms with Gasteiger partial charge in [-0.3, -0.25) is 4.98 Å². The van der Waals surface area contributed by atoms with E-state index in [1.54, 1.807) is 31.9 Å². The van der Waals surface area contributed by atoms with Gasteiger partial charge in [0.15, 0.2) is 0 Å². The summed E-state index contributed by atoms with van der Waals surface area (Å²) in [6.45, 7) is 2.51. The fourth-order valence-corrected chi connectivity index (χ4v) is 25.5. The number of hydrogen-bond acceptors (Lipinski definition) is 1. The molecule has 0 bridgehead atoms. The van der Waals surface area contributed by atoms with Crippen LogP contribution in [0.4, 0.5) is 0 Å². The molecule has 5 heterocycles. The summed E-state index contributed by atoms with van der Waals surface area (Å²) in [4.78, 5) is 5.21. The minimum absolute atomic E-state index is 0.215. The topological polar surface area (TPSA) is 12.9 Å². The van der Waals surface area contributed by atoms with Crippen LogP contribution in [0.15, 0.2) is 188 Å². The molecule has 9 aromatic rings. The Morgan fingerprint density at radius 3 is 1.77 bits per heavy atom. The Morgan fingerprint density at radius 2 is 1.07 bits per heavy atom. The molecule has 0 radical (unpaired) electrons. The smallest absolute Gasteiger partial charge is 0.128 e. The van der Waals surface area contributed by atoms with Crippen LogP contribution in [-0.4, -0.2) is 21.1 Å². The monoisotopic (exact) mass is 809 g/mol. The first kappa shape index (κ1) is 34.3. The average Bonchev–Trinajstić information content (AvgIpc) is 4.01. The minimum Gasteiger partial charge on any atom is -0.256 e. The fraction of sp³-hybridized carbons (Fsp3) is 0.121. The van der Waals surface area contributed by atoms with Gasteiger partial charge in [0.2, 0.25) is 0 Å². The van der Waals surface area contributed by atoms with Crippen molar-refractivity contribution < 1.29 is 0 Å². The summed E-state index contributed by atoms with van der Waals surface area (Å²) < 4.78 is 0. The van der Waals surface area contributed by atoms with Gasteiger partial charge in [0, 0.05) is 22.4 Å². The van der Waals surface area contributed by atoms with Crippen LogP contribution in [0.2, 0.25) is 12.1 Å². The van der Waals surface area contributed by atoms with E-state index in [4.69, 9.17) is 4.98 Å². The predicted molar refractivity (Wildman–Crippen MR) is 262 cm³/mol. The molecule has 1 nitrogen and oxygen atoms in total. The second-order valence-electron chi connectivity index (χ2n) is 19.0. The third-order valence-electron chi connectivity index (χ3n) is 16.0. The summed E-state index contributed by atoms with van der Waals surface area (Å²) in [5.74, 6) is 0.595. The number of benzene rings is 8. The molecule has 8 aromatic carbocycles. The van der Waals surface area contributed by atoms with E-state index in [1.165, 1.54) is 95.6 Å². The standard InChI is InChI=1S/C58H43NSi2/c1-58-29-13-12-16-41(58)35-61(36-58)52-24-11-8-18-43(52)48-31-38(26-28-54(48)61)56-45-20-5-4-19-44(45)55(49-32-59-50-22-9-6-21-46(50)57(49)56)37-25-27-53-47(30-37)42-17-7-10-23-51(42)60(53)33-39-14-2-3-15-40(39)34-60/h2-32,41H,33-36H2,1H3. The van der Waals surface area contributed by atoms with Gasteiger partial charge in [-0.15, -0.1) is 0 Å². The maximum Gasteiger partial charge on any atom is 0.128 e. The Kier molecular flexibility index (Phi) is 6.82. The lowest BCUT2D eigenvalue weighted by molar-refractivity contribution is 0.389. The van der Waals surface area contributed by atoms with Crippen LogP contribution in [0.3, 0.4) is 0 Å². The van der Waals surface area contributed by atoms with Gasteiger partial charge < -0.3 is 0 Å². The molecule has 0 saturated carbocycles. The Balaban J connectivity index is 1.01. The van der Waals surface area contributed by atoms with Gasteiger partial charge in [-0.25, -0.2) is 0 Å². The molecule has 288 valence electrons. The molecule has 1 saturated heterocycles. The molecule has 0 N–H and O–H groups in total. The summed E-state index contributed by atoms with van der Waals surface area (Å²) in [7, 11) is -4.02. The molecule has 61 heavy (non-hydrogen) atoms. The second kappa shape index (κ2) is 12.1. The van der Waals surface area contributed by atoms with E-state index in [2.05, 4.69) is 195 Å². The molecule has 2 spiro atoms. The SMILES string of the molecule is CC12C=CC=CC1C[Si]1(C2)c2ccccc2-c2cc(-c3c4ccccc4c(-c4ccc5c(c4)-c4ccccc4[Si]54Cc5ccccc5C4)c4cnc5ccccc5c34)ccc21. The van der Waals surface area contributed by atoms with Crippen LogP contribution >= 0.6 is 0 Å². The molecule has 1 aliphatic carbocycles. The van der Waals surface area contributed by atoms with E-state index in [0.717, 1.165) is 5.52 Å². The maximum atomic E-state index is 5.21. The lowest BCUT2D eigenvalue weighted by Crippen LogP contribution is -2.57. The van der Waals surface area contributed by atoms with Crippen molar-refractivity contribution in [1.29, 1.82) is 0 Å². The average molecular weight is 810 g/mol. The zero-order chi connectivity index (χ0) is 40.1. The van der Waals surface area contributed by atoms with Crippen molar-refractivity contribution in [3.05, 3.63) is 199 Å². The van der Waals surface area contributed by atoms with Crippen LogP contribution in [-0.2, 0) is 12.1 Å². The summed E-state index contributed by atoms with van der Waals surface area (Å²) in [6, 6.07) is 66.1. The number of nitrogens with zero attached hydrogens (tertiary/aromatic N) is 1. The number of pyridine rings is 1. The number of para-hydroxylation sites is 1. The lowest BCUT2D eigenvalue weighted by atomic mass is 9.77. The highest BCUT2D eigenvalue weighted by Gasteiger charge is 2.57. The molecular weight excluding hydrogens is 767 g/mol. The molecule has 3 atom stereocenters. The molecule has 5 aliphatic rings. The summed E-state index contributed by atoms with van der Waals surface area (Å²) in [5.41, 5.74) is 15.3. The van der Waals surface area contributed by atoms with Gasteiger partial charge >= 0.3 is 0 Å². The van der Waals surface area contributed by atoms with Gasteiger partial charge in [-0.2, -0.15) is 0 Å². The molecule has 1 aromatic heterocycles. The third-order valence-corrected chi connectivity index (χ3v) is 26.3. The summed E-state index contributed by atoms with van der Waals surface area (Å²) >= 11 is 0. The van der Waals surface area contributed by atoms with E-state index in [-0.39, 0.29) is 5.41 Å². The summed E-state index contributed by atoms with van der Waals surface area (Å²) in [5, 5.41) is 12.8. The van der Waals surface area contributed by atoms with Gasteiger partial charge in [0.05, 0.1) is 5.52 Å². The first-order chi connectivity index (χ1) is 30.0. The van der Waals surface area contributed by atoms with Crippen molar-refractivity contribution in [1.82, 2.24) is 4.98 Å². The van der Waals surface area contributed by atoms with Gasteiger partial charge in [-0.1, -0.05) is 171 Å². The largest absolute Gasteiger partial charge is 0.256 e. The number of allylic oxidation sites excluding steroid dienone is 4. The van der Waals surface area contributed by atoms with Crippen LogP contribution < -0.4 is 20.7 Å². The van der Waals surface area contributed by atoms with E-state index < -0.39 is 16.1 Å². The van der Waals surface area contributed by atoms with Crippen LogP contribution in [0.1, 0.15) is 18.1 Å². The van der Waals surface area contributed by atoms with E-state index in [9.17, 15) is 0 Å². The van der Waals surface area contributed by atoms with Crippen molar-refractivity contribution in [2.75, 3.05) is 0 Å². The van der Waals surface area contributed by atoms with E-state index >= 15 is 0 Å². The molecular formula is C58H43NSi2. The number of rotatable bonds is 2. The molecule has 0 amide bonds. The van der Waals surface area contributed by atoms with Crippen molar-refractivity contribution in [3.63, 3.8) is 0 Å². The molecule has 3 unspecified atom stereocenters. The lowest BCUT2D eigenvalue weighted by Gasteiger charge is -2.29. The van der Waals surface area contributed by atoms with E-state index in [0.29, 0.717) is 5.92 Å². The van der Waals surface area contributed by atoms with Crippen LogP contribution in [0.25, 0.3) is 77.0 Å². The predicted octanol–water partition coefficient (Wildman–Crippen LogP) is 11.6. The highest BCUT2D eigenvalue weighted by Crippen LogP contribution is 2.55. The number of fused-ring (bicyclic) bond motifs is 16. The van der Waals surface area contributed by atoms with Crippen LogP contribution in [0.5, 0.6) is 0 Å². The molecule has 14 rings (SSSR count). The van der Waals surface area contributed by atoms with Gasteiger partial charge in [-0.05, 0) is 141 Å². The van der Waals surface area contributed by atoms with Crippen LogP contribution in [0, 0.1) is 11.3 Å². The first-order valence-electron chi connectivity index (χ1n) is 22.2. The Labute approximate surface area is 358 Å². The normalized spacial score (nSPS) is 21.9. The van der Waals surface area contributed by atoms with Gasteiger partial charge in [0.25, 0.3) is 0 Å². The minimum atomic E-state index is -2.01. The van der Waals surface area contributed by atoms with Crippen molar-refractivity contribution in [3.8, 4) is 44.5 Å². The van der Waals surface area contributed by atoms with Crippen molar-refractivity contribution >= 4 is 69.3 Å². The zero-order valence-corrected chi connectivity index (χ0v) is 36.3. The highest BCUT2D eigenvalue weighted by molar-refractivity contribution is 7.06. The molecule has 3 heteroatoms. The third kappa shape index (κ3) is 4.47. The maximum absolute atomic E-state index is 5.21. The molecule has 1 fully saturated rings. The van der Waals surface area contributed by atoms with Crippen molar-refractivity contribution in [2.45, 2.75) is 31.1 Å². The summed E-state index contributed by atoms with van der Waals surface area (Å²) in [6.07, 6.45) is 11.8. The van der Waals surface area contributed by atoms with Gasteiger partial charge in [0.1, 0.15) is 16.1 Å². The van der Waals surface area contributed by atoms with Crippen molar-refractivity contribution in [2.24, 2.45) is 11.3 Å². The number of hydrogen-bond donors (Lipinski definition) is 0. The second-order valence-corrected chi connectivity index (χ2v) is 26.9. The van der Waals surface area contributed by atoms with E-state index in [1.807, 2.05) is 0 Å². The Bertz CT molecular complexity index is 3460. The Morgan fingerprint density at radius 1 is 0.508 bits per heavy atom. The quantitative estimate of drug-likeness (QED) is 0.0963. The highest BCUT2D eigenvalue weighted by atomic mass is 28.3. The fourth-order valence-electron chi connectivity index (χ4n) is 13.5. The zero-order valence-electron chi connectivity index (χ0n) is 34.3. The molecule has 4 aliphatic heterocycles. The Hall–Kier alpha value is -6.40. The number of aromatic nitrogens is 1. The first-order valence-corrected chi connectivity index (χ1v) is 27.0.